The fraction of sp³-hybridized carbons (Fsp3) is 0.118. The normalized spacial score (nSPS) is 13.4. The van der Waals surface area contributed by atoms with Crippen LogP contribution in [-0.2, 0) is 0 Å². The Labute approximate surface area is 117 Å². The monoisotopic (exact) mass is 262 g/mol. The molecule has 1 N–H and O–H groups in total. The average Bonchev–Trinajstić information content (AvgIpc) is 2.55. The lowest BCUT2D eigenvalue weighted by Crippen LogP contribution is -2.19. The average molecular weight is 262 g/mol. The molecule has 1 aromatic heterocycles. The number of rotatable bonds is 1. The molecule has 0 atom stereocenters. The molecule has 3 heteroatoms. The molecule has 1 aliphatic heterocycles. The lowest BCUT2D eigenvalue weighted by Gasteiger charge is -2.21. The fourth-order valence-electron chi connectivity index (χ4n) is 2.66. The lowest BCUT2D eigenvalue weighted by atomic mass is 10.0. The maximum absolute atomic E-state index is 5.72. The topological polar surface area (TPSA) is 34.2 Å². The van der Waals surface area contributed by atoms with Gasteiger partial charge in [-0.2, -0.15) is 0 Å². The van der Waals surface area contributed by atoms with Crippen molar-refractivity contribution in [1.29, 1.82) is 0 Å². The van der Waals surface area contributed by atoms with E-state index in [0.717, 1.165) is 34.3 Å². The summed E-state index contributed by atoms with van der Waals surface area (Å²) in [7, 11) is 0. The van der Waals surface area contributed by atoms with Crippen molar-refractivity contribution in [2.45, 2.75) is 0 Å². The van der Waals surface area contributed by atoms with Crippen molar-refractivity contribution in [2.75, 3.05) is 18.5 Å². The molecule has 3 nitrogen and oxygen atoms in total. The molecule has 4 rings (SSSR count). The van der Waals surface area contributed by atoms with Crippen LogP contribution >= 0.6 is 0 Å². The van der Waals surface area contributed by atoms with Crippen LogP contribution < -0.4 is 10.1 Å². The van der Waals surface area contributed by atoms with E-state index >= 15 is 0 Å². The van der Waals surface area contributed by atoms with Crippen molar-refractivity contribution in [2.24, 2.45) is 0 Å². The van der Waals surface area contributed by atoms with E-state index in [4.69, 9.17) is 9.72 Å². The molecule has 0 fully saturated rings. The zero-order valence-electron chi connectivity index (χ0n) is 11.0. The molecule has 0 bridgehead atoms. The van der Waals surface area contributed by atoms with Crippen molar-refractivity contribution in [1.82, 2.24) is 4.98 Å². The summed E-state index contributed by atoms with van der Waals surface area (Å²) in [5.41, 5.74) is 3.09. The van der Waals surface area contributed by atoms with Gasteiger partial charge in [0.15, 0.2) is 0 Å². The Morgan fingerprint density at radius 3 is 2.50 bits per heavy atom. The lowest BCUT2D eigenvalue weighted by molar-refractivity contribution is 0.311. The molecule has 3 aromatic rings. The summed E-state index contributed by atoms with van der Waals surface area (Å²) < 4.78 is 5.72. The summed E-state index contributed by atoms with van der Waals surface area (Å²) in [5.74, 6) is 0.703. The van der Waals surface area contributed by atoms with Gasteiger partial charge in [-0.3, -0.25) is 0 Å². The molecular formula is C17H14N2O. The van der Waals surface area contributed by atoms with Gasteiger partial charge in [0.1, 0.15) is 12.3 Å². The Bertz CT molecular complexity index is 769. The van der Waals surface area contributed by atoms with Gasteiger partial charge >= 0.3 is 0 Å². The first kappa shape index (κ1) is 11.3. The molecule has 0 saturated heterocycles. The highest BCUT2D eigenvalue weighted by Crippen LogP contribution is 2.38. The minimum atomic E-state index is 0.659. The van der Waals surface area contributed by atoms with Crippen LogP contribution in [0.2, 0.25) is 0 Å². The highest BCUT2D eigenvalue weighted by molar-refractivity contribution is 6.03. The molecule has 0 unspecified atom stereocenters. The number of aromatic nitrogens is 1. The predicted molar refractivity (Wildman–Crippen MR) is 81.2 cm³/mol. The third-order valence-electron chi connectivity index (χ3n) is 3.57. The molecule has 0 saturated carbocycles. The second-order valence-electron chi connectivity index (χ2n) is 4.83. The van der Waals surface area contributed by atoms with E-state index in [0.29, 0.717) is 12.5 Å². The molecule has 0 spiro atoms. The number of hydrogen-bond donors (Lipinski definition) is 1. The van der Waals surface area contributed by atoms with Crippen LogP contribution in [0.25, 0.3) is 22.0 Å². The van der Waals surface area contributed by atoms with Crippen molar-refractivity contribution in [3.05, 3.63) is 54.6 Å². The molecule has 2 aromatic carbocycles. The van der Waals surface area contributed by atoms with Crippen LogP contribution in [0.15, 0.2) is 54.6 Å². The number of ether oxygens (including phenoxy) is 1. The van der Waals surface area contributed by atoms with Crippen LogP contribution in [0.4, 0.5) is 5.69 Å². The van der Waals surface area contributed by atoms with Gasteiger partial charge in [0, 0.05) is 22.9 Å². The van der Waals surface area contributed by atoms with Gasteiger partial charge in [-0.25, -0.2) is 4.98 Å². The Kier molecular flexibility index (Phi) is 2.56. The smallest absolute Gasteiger partial charge is 0.238 e. The molecule has 0 aliphatic carbocycles. The van der Waals surface area contributed by atoms with E-state index in [9.17, 15) is 0 Å². The van der Waals surface area contributed by atoms with E-state index in [1.54, 1.807) is 0 Å². The minimum Gasteiger partial charge on any atom is -0.474 e. The summed E-state index contributed by atoms with van der Waals surface area (Å²) >= 11 is 0. The zero-order chi connectivity index (χ0) is 13.4. The number of hydrogen-bond acceptors (Lipinski definition) is 3. The van der Waals surface area contributed by atoms with Crippen molar-refractivity contribution < 1.29 is 4.74 Å². The quantitative estimate of drug-likeness (QED) is 0.726. The molecule has 20 heavy (non-hydrogen) atoms. The molecule has 0 amide bonds. The first-order valence-electron chi connectivity index (χ1n) is 6.78. The van der Waals surface area contributed by atoms with Crippen LogP contribution in [0.1, 0.15) is 0 Å². The summed E-state index contributed by atoms with van der Waals surface area (Å²) in [6, 6.07) is 18.6. The van der Waals surface area contributed by atoms with E-state index in [1.807, 2.05) is 30.3 Å². The largest absolute Gasteiger partial charge is 0.474 e. The van der Waals surface area contributed by atoms with Crippen LogP contribution in [0.3, 0.4) is 0 Å². The van der Waals surface area contributed by atoms with Gasteiger partial charge in [-0.05, 0) is 0 Å². The summed E-state index contributed by atoms with van der Waals surface area (Å²) in [6.07, 6.45) is 0. The maximum atomic E-state index is 5.72. The van der Waals surface area contributed by atoms with Crippen molar-refractivity contribution >= 4 is 16.5 Å². The SMILES string of the molecule is c1ccc(-c2nc3c(c4ccccc24)NCCO3)cc1. The van der Waals surface area contributed by atoms with E-state index in [1.165, 1.54) is 0 Å². The number of fused-ring (bicyclic) bond motifs is 3. The number of anilines is 1. The molecule has 1 aliphatic rings. The highest BCUT2D eigenvalue weighted by atomic mass is 16.5. The number of pyridine rings is 1. The van der Waals surface area contributed by atoms with E-state index in [2.05, 4.69) is 29.6 Å². The number of nitrogens with zero attached hydrogens (tertiary/aromatic N) is 1. The van der Waals surface area contributed by atoms with Gasteiger partial charge in [0.05, 0.1) is 5.69 Å². The molecule has 0 radical (unpaired) electrons. The predicted octanol–water partition coefficient (Wildman–Crippen LogP) is 3.71. The first-order chi connectivity index (χ1) is 9.93. The minimum absolute atomic E-state index is 0.659. The molecule has 98 valence electrons. The number of nitrogens with one attached hydrogen (secondary N) is 1. The van der Waals surface area contributed by atoms with Gasteiger partial charge in [-0.15, -0.1) is 0 Å². The van der Waals surface area contributed by atoms with Crippen molar-refractivity contribution in [3.8, 4) is 17.1 Å². The standard InChI is InChI=1S/C17H14N2O/c1-2-6-12(7-3-1)15-13-8-4-5-9-14(13)16-17(19-15)20-11-10-18-16/h1-9,18H,10-11H2. The fourth-order valence-corrected chi connectivity index (χ4v) is 2.66. The zero-order valence-corrected chi connectivity index (χ0v) is 11.0. The van der Waals surface area contributed by atoms with Crippen molar-refractivity contribution in [3.63, 3.8) is 0 Å². The van der Waals surface area contributed by atoms with Crippen LogP contribution in [0.5, 0.6) is 5.88 Å². The van der Waals surface area contributed by atoms with Gasteiger partial charge in [-0.1, -0.05) is 54.6 Å². The summed E-state index contributed by atoms with van der Waals surface area (Å²) in [6.45, 7) is 1.48. The van der Waals surface area contributed by atoms with Gasteiger partial charge in [0.2, 0.25) is 5.88 Å². The van der Waals surface area contributed by atoms with E-state index < -0.39 is 0 Å². The Hall–Kier alpha value is -2.55. The highest BCUT2D eigenvalue weighted by Gasteiger charge is 2.18. The summed E-state index contributed by atoms with van der Waals surface area (Å²) in [5, 5.41) is 5.71. The van der Waals surface area contributed by atoms with Gasteiger partial charge in [0.25, 0.3) is 0 Å². The Morgan fingerprint density at radius 1 is 0.900 bits per heavy atom. The molecular weight excluding hydrogens is 248 g/mol. The van der Waals surface area contributed by atoms with Crippen LogP contribution in [-0.4, -0.2) is 18.1 Å². The third kappa shape index (κ3) is 1.71. The third-order valence-corrected chi connectivity index (χ3v) is 3.57. The number of benzene rings is 2. The maximum Gasteiger partial charge on any atom is 0.238 e. The Balaban J connectivity index is 2.06. The van der Waals surface area contributed by atoms with Crippen LogP contribution in [0, 0.1) is 0 Å². The second-order valence-corrected chi connectivity index (χ2v) is 4.83. The Morgan fingerprint density at radius 2 is 1.65 bits per heavy atom. The van der Waals surface area contributed by atoms with E-state index in [-0.39, 0.29) is 0 Å². The van der Waals surface area contributed by atoms with Gasteiger partial charge < -0.3 is 10.1 Å². The first-order valence-corrected chi connectivity index (χ1v) is 6.78. The second kappa shape index (κ2) is 4.53. The molecule has 2 heterocycles. The summed E-state index contributed by atoms with van der Waals surface area (Å²) in [4.78, 5) is 4.73.